The first-order chi connectivity index (χ1) is 29.6. The van der Waals surface area contributed by atoms with Crippen LogP contribution < -0.4 is 19.7 Å². The van der Waals surface area contributed by atoms with Crippen molar-refractivity contribution in [3.05, 3.63) is 168 Å². The van der Waals surface area contributed by atoms with E-state index in [1.807, 2.05) is 138 Å². The highest BCUT2D eigenvalue weighted by atomic mass is 28.3. The maximum absolute atomic E-state index is 15.7. The first-order valence-corrected chi connectivity index (χ1v) is 24.0. The number of nitrogens with zero attached hydrogens (tertiary/aromatic N) is 5. The average Bonchev–Trinajstić information content (AvgIpc) is 4.02. The molecule has 306 valence electrons. The van der Waals surface area contributed by atoms with Crippen molar-refractivity contribution < 1.29 is 24.2 Å². The lowest BCUT2D eigenvalue weighted by atomic mass is 9.82. The number of benzene rings is 6. The average molecular weight is 826 g/mol. The Morgan fingerprint density at radius 1 is 0.820 bits per heavy atom. The minimum absolute atomic E-state index is 0.0269. The lowest BCUT2D eigenvalue weighted by molar-refractivity contribution is -0.145. The molecule has 11 heteroatoms. The Morgan fingerprint density at radius 3 is 2.26 bits per heavy atom. The molecule has 3 aliphatic rings. The van der Waals surface area contributed by atoms with Crippen LogP contribution in [0.4, 0.5) is 22.7 Å². The number of methoxy groups -OCH3 is 1. The number of aromatic nitrogens is 3. The molecule has 1 N–H and O–H groups in total. The summed E-state index contributed by atoms with van der Waals surface area (Å²) >= 11 is 0. The predicted molar refractivity (Wildman–Crippen MR) is 240 cm³/mol. The normalized spacial score (nSPS) is 21.2. The number of carbonyl (C=O) groups is 2. The molecule has 61 heavy (non-hydrogen) atoms. The largest absolute Gasteiger partial charge is 0.497 e. The lowest BCUT2D eigenvalue weighted by Gasteiger charge is -2.37. The molecule has 4 heterocycles. The van der Waals surface area contributed by atoms with E-state index in [0.29, 0.717) is 29.9 Å². The van der Waals surface area contributed by atoms with Crippen molar-refractivity contribution in [1.29, 1.82) is 0 Å². The molecular formula is C50H47N5O5Si. The summed E-state index contributed by atoms with van der Waals surface area (Å²) in [6, 6.07) is 45.8. The summed E-state index contributed by atoms with van der Waals surface area (Å²) in [5.41, 5.74) is 4.69. The van der Waals surface area contributed by atoms with Crippen LogP contribution >= 0.6 is 0 Å². The number of aliphatic hydroxyl groups is 1. The molecule has 0 aliphatic carbocycles. The molecule has 0 saturated carbocycles. The zero-order valence-electron chi connectivity index (χ0n) is 34.6. The van der Waals surface area contributed by atoms with Crippen LogP contribution in [0.25, 0.3) is 10.8 Å². The first-order valence-electron chi connectivity index (χ1n) is 20.9. The minimum atomic E-state index is -2.47. The van der Waals surface area contributed by atoms with Crippen LogP contribution in [0.3, 0.4) is 0 Å². The van der Waals surface area contributed by atoms with Crippen molar-refractivity contribution >= 4 is 58.6 Å². The summed E-state index contributed by atoms with van der Waals surface area (Å²) in [5.74, 6) is -0.0220. The molecule has 3 aliphatic heterocycles. The van der Waals surface area contributed by atoms with E-state index in [4.69, 9.17) is 9.47 Å². The van der Waals surface area contributed by atoms with E-state index in [1.165, 1.54) is 5.19 Å². The predicted octanol–water partition coefficient (Wildman–Crippen LogP) is 8.84. The van der Waals surface area contributed by atoms with Gasteiger partial charge in [-0.3, -0.25) is 24.1 Å². The topological polar surface area (TPSA) is 110 Å². The highest BCUT2D eigenvalue weighted by molar-refractivity contribution is 6.91. The Balaban J connectivity index is 1.08. The monoisotopic (exact) mass is 825 g/mol. The van der Waals surface area contributed by atoms with E-state index in [1.54, 1.807) is 16.9 Å². The van der Waals surface area contributed by atoms with E-state index in [9.17, 15) is 9.90 Å². The number of para-hydroxylation sites is 1. The van der Waals surface area contributed by atoms with Crippen molar-refractivity contribution in [3.63, 3.8) is 0 Å². The van der Waals surface area contributed by atoms with E-state index < -0.39 is 13.7 Å². The molecule has 1 spiro atoms. The van der Waals surface area contributed by atoms with Crippen molar-refractivity contribution in [2.45, 2.75) is 56.1 Å². The van der Waals surface area contributed by atoms with Crippen LogP contribution in [0.15, 0.2) is 146 Å². The van der Waals surface area contributed by atoms with Gasteiger partial charge >= 0.3 is 0 Å². The van der Waals surface area contributed by atoms with Gasteiger partial charge in [0, 0.05) is 41.0 Å². The van der Waals surface area contributed by atoms with Gasteiger partial charge in [-0.25, -0.2) is 0 Å². The SMILES string of the molecule is COc1ccc([Si](C)(C)[C@@H]2[C@@H](CCn3cc(C(CO)c4ccccc4)nn3)O[C@]3(C(=O)N(c4ccccc4)c4ccc(N5C(=O)c6cccc7cccc5c67)cc43)[C@H]2C)cc1. The fourth-order valence-corrected chi connectivity index (χ4v) is 14.6. The summed E-state index contributed by atoms with van der Waals surface area (Å²) in [4.78, 5) is 33.5. The Labute approximate surface area is 356 Å². The van der Waals surface area contributed by atoms with E-state index in [-0.39, 0.29) is 41.9 Å². The summed E-state index contributed by atoms with van der Waals surface area (Å²) in [6.45, 7) is 7.33. The fraction of sp³-hybridized carbons (Fsp3) is 0.240. The third-order valence-corrected chi connectivity index (χ3v) is 17.9. The van der Waals surface area contributed by atoms with Gasteiger partial charge in [0.1, 0.15) is 5.75 Å². The number of anilines is 4. The van der Waals surface area contributed by atoms with Gasteiger partial charge in [-0.2, -0.15) is 0 Å². The van der Waals surface area contributed by atoms with Crippen LogP contribution in [0, 0.1) is 5.92 Å². The van der Waals surface area contributed by atoms with Gasteiger partial charge < -0.3 is 14.6 Å². The molecule has 0 radical (unpaired) electrons. The minimum Gasteiger partial charge on any atom is -0.497 e. The van der Waals surface area contributed by atoms with Gasteiger partial charge in [-0.1, -0.05) is 115 Å². The smallest absolute Gasteiger partial charge is 0.268 e. The Kier molecular flexibility index (Phi) is 9.50. The van der Waals surface area contributed by atoms with E-state index in [2.05, 4.69) is 42.5 Å². The Bertz CT molecular complexity index is 2790. The number of rotatable bonds is 11. The van der Waals surface area contributed by atoms with E-state index in [0.717, 1.165) is 44.7 Å². The van der Waals surface area contributed by atoms with Gasteiger partial charge in [0.05, 0.1) is 56.4 Å². The lowest BCUT2D eigenvalue weighted by Crippen LogP contribution is -2.51. The molecule has 1 saturated heterocycles. The van der Waals surface area contributed by atoms with Gasteiger partial charge in [-0.15, -0.1) is 5.10 Å². The van der Waals surface area contributed by atoms with Gasteiger partial charge in [0.15, 0.2) is 5.60 Å². The second-order valence-corrected chi connectivity index (χ2v) is 21.7. The molecule has 5 atom stereocenters. The van der Waals surface area contributed by atoms with Crippen LogP contribution in [-0.2, 0) is 21.7 Å². The zero-order valence-corrected chi connectivity index (χ0v) is 35.6. The van der Waals surface area contributed by atoms with E-state index >= 15 is 4.79 Å². The summed E-state index contributed by atoms with van der Waals surface area (Å²) in [7, 11) is -0.801. The standard InChI is InChI=1S/C50H47N5O5Si/c1-32-47(61(3,4)38-24-22-37(59-2)23-25-38)45(27-28-53-30-42(51-52-53)40(31-56)33-13-7-5-8-14-33)60-50(32)41-29-36(21-26-43(41)55(49(50)58)35-17-9-6-10-18-35)54-44-20-12-16-34-15-11-19-39(46(34)44)48(54)57/h5-26,29-30,32,40,45,47,56H,27-28,31H2,1-4H3/t32-,40?,45+,47-,50+/m0/s1. The van der Waals surface area contributed by atoms with Gasteiger partial charge in [0.25, 0.3) is 11.8 Å². The second kappa shape index (κ2) is 14.9. The summed E-state index contributed by atoms with van der Waals surface area (Å²) < 4.78 is 14.9. The highest BCUT2D eigenvalue weighted by Gasteiger charge is 2.66. The number of amides is 2. The molecule has 2 amide bonds. The van der Waals surface area contributed by atoms with Crippen molar-refractivity contribution in [2.75, 3.05) is 23.5 Å². The molecular weight excluding hydrogens is 779 g/mol. The maximum atomic E-state index is 15.7. The summed E-state index contributed by atoms with van der Waals surface area (Å²) in [6.07, 6.45) is 2.13. The number of hydrogen-bond donors (Lipinski definition) is 1. The van der Waals surface area contributed by atoms with Crippen LogP contribution in [0.5, 0.6) is 5.75 Å². The molecule has 10 nitrogen and oxygen atoms in total. The molecule has 0 bridgehead atoms. The Morgan fingerprint density at radius 2 is 1.54 bits per heavy atom. The van der Waals surface area contributed by atoms with Crippen molar-refractivity contribution in [2.24, 2.45) is 5.92 Å². The zero-order chi connectivity index (χ0) is 42.0. The second-order valence-electron chi connectivity index (χ2n) is 17.0. The molecule has 1 aromatic heterocycles. The quantitative estimate of drug-likeness (QED) is 0.130. The van der Waals surface area contributed by atoms with Crippen LogP contribution in [-0.4, -0.2) is 59.8 Å². The highest BCUT2D eigenvalue weighted by Crippen LogP contribution is 2.62. The molecule has 1 unspecified atom stereocenters. The van der Waals surface area contributed by atoms with Gasteiger partial charge in [-0.05, 0) is 77.5 Å². The number of hydrogen-bond acceptors (Lipinski definition) is 7. The molecule has 10 rings (SSSR count). The summed E-state index contributed by atoms with van der Waals surface area (Å²) in [5, 5.41) is 22.6. The van der Waals surface area contributed by atoms with Crippen LogP contribution in [0.1, 0.15) is 46.4 Å². The van der Waals surface area contributed by atoms with Crippen molar-refractivity contribution in [1.82, 2.24) is 15.0 Å². The number of fused-ring (bicyclic) bond motifs is 2. The third kappa shape index (κ3) is 6.05. The number of ether oxygens (including phenoxy) is 2. The fourth-order valence-electron chi connectivity index (χ4n) is 10.5. The van der Waals surface area contributed by atoms with Crippen LogP contribution in [0.2, 0.25) is 18.6 Å². The number of aryl methyl sites for hydroxylation is 1. The Hall–Kier alpha value is -6.40. The molecule has 1 fully saturated rings. The van der Waals surface area contributed by atoms with Crippen molar-refractivity contribution in [3.8, 4) is 5.75 Å². The maximum Gasteiger partial charge on any atom is 0.268 e. The number of carbonyl (C=O) groups excluding carboxylic acids is 2. The first kappa shape index (κ1) is 38.8. The molecule has 6 aromatic carbocycles. The van der Waals surface area contributed by atoms with Gasteiger partial charge in [0.2, 0.25) is 0 Å². The number of aliphatic hydroxyl groups excluding tert-OH is 1. The molecule has 7 aromatic rings. The third-order valence-electron chi connectivity index (χ3n) is 13.5.